The number of nitrogens with two attached hydrogens (primary N) is 1. The molecule has 0 radical (unpaired) electrons. The summed E-state index contributed by atoms with van der Waals surface area (Å²) in [6.07, 6.45) is 4.65. The van der Waals surface area contributed by atoms with E-state index in [0.29, 0.717) is 31.1 Å². The van der Waals surface area contributed by atoms with Crippen molar-refractivity contribution >= 4 is 24.3 Å². The third kappa shape index (κ3) is 8.31. The fraction of sp³-hybridized carbons (Fsp3) is 0.619. The Morgan fingerprint density at radius 1 is 1.07 bits per heavy atom. The fourth-order valence-electron chi connectivity index (χ4n) is 3.20. The van der Waals surface area contributed by atoms with Crippen molar-refractivity contribution in [1.29, 1.82) is 0 Å². The van der Waals surface area contributed by atoms with E-state index in [9.17, 15) is 9.59 Å². The van der Waals surface area contributed by atoms with Crippen molar-refractivity contribution in [3.05, 3.63) is 29.8 Å². The van der Waals surface area contributed by atoms with E-state index >= 15 is 0 Å². The number of ether oxygens (including phenoxy) is 2. The Hall–Kier alpha value is -1.59. The molecule has 5 nitrogen and oxygen atoms in total. The van der Waals surface area contributed by atoms with Gasteiger partial charge in [0.15, 0.2) is 0 Å². The van der Waals surface area contributed by atoms with Gasteiger partial charge in [-0.3, -0.25) is 9.59 Å². The molecule has 1 saturated carbocycles. The third-order valence-electron chi connectivity index (χ3n) is 4.69. The van der Waals surface area contributed by atoms with Crippen LogP contribution in [-0.2, 0) is 20.7 Å². The second-order valence-electron chi connectivity index (χ2n) is 8.10. The molecule has 0 heterocycles. The van der Waals surface area contributed by atoms with E-state index in [1.54, 1.807) is 12.1 Å². The van der Waals surface area contributed by atoms with Crippen LogP contribution in [-0.4, -0.2) is 24.1 Å². The van der Waals surface area contributed by atoms with Crippen LogP contribution in [0.25, 0.3) is 0 Å². The molecule has 0 aliphatic heterocycles. The summed E-state index contributed by atoms with van der Waals surface area (Å²) in [4.78, 5) is 24.0. The average molecular weight is 398 g/mol. The number of carbonyl (C=O) groups excluding carboxylic acids is 2. The maximum atomic E-state index is 12.3. The van der Waals surface area contributed by atoms with Crippen molar-refractivity contribution < 1.29 is 19.1 Å². The molecule has 0 unspecified atom stereocenters. The largest absolute Gasteiger partial charge is 0.460 e. The van der Waals surface area contributed by atoms with Crippen LogP contribution in [0.2, 0.25) is 0 Å². The second kappa shape index (κ2) is 10.7. The van der Waals surface area contributed by atoms with Crippen LogP contribution in [0.4, 0.5) is 0 Å². The molecule has 0 spiro atoms. The zero-order valence-electron chi connectivity index (χ0n) is 16.5. The van der Waals surface area contributed by atoms with Crippen molar-refractivity contribution in [3.8, 4) is 5.75 Å². The molecule has 0 bridgehead atoms. The Balaban J connectivity index is 0.00000364. The lowest BCUT2D eigenvalue weighted by Crippen LogP contribution is -2.28. The second-order valence-corrected chi connectivity index (χ2v) is 8.10. The molecule has 0 atom stereocenters. The van der Waals surface area contributed by atoms with Crippen LogP contribution in [0.15, 0.2) is 24.3 Å². The highest BCUT2D eigenvalue weighted by Crippen LogP contribution is 2.29. The van der Waals surface area contributed by atoms with Crippen molar-refractivity contribution in [3.63, 3.8) is 0 Å². The zero-order chi connectivity index (χ0) is 19.2. The van der Waals surface area contributed by atoms with Crippen molar-refractivity contribution in [2.45, 2.75) is 64.9 Å². The summed E-state index contributed by atoms with van der Waals surface area (Å²) in [6.45, 7) is 6.27. The van der Waals surface area contributed by atoms with Crippen LogP contribution >= 0.6 is 12.4 Å². The number of rotatable bonds is 6. The minimum absolute atomic E-state index is 0. The van der Waals surface area contributed by atoms with Gasteiger partial charge in [-0.15, -0.1) is 12.4 Å². The lowest BCUT2D eigenvalue weighted by atomic mass is 9.82. The first-order valence-electron chi connectivity index (χ1n) is 9.49. The quantitative estimate of drug-likeness (QED) is 0.578. The zero-order valence-corrected chi connectivity index (χ0v) is 17.3. The first kappa shape index (κ1) is 23.4. The van der Waals surface area contributed by atoms with E-state index in [2.05, 4.69) is 0 Å². The standard InChI is InChI=1S/C21H31NO4.ClH/c1-21(2,3)26-19(23)13-8-15-6-11-18(12-7-15)25-20(24)17-9-4-16(14-22)5-10-17;/h6-7,11-12,16-17H,4-5,8-10,13-14,22H2,1-3H3;1H/t16-,17-;. The van der Waals surface area contributed by atoms with Gasteiger partial charge in [0.1, 0.15) is 11.4 Å². The Morgan fingerprint density at radius 2 is 1.67 bits per heavy atom. The molecule has 152 valence electrons. The number of esters is 2. The van der Waals surface area contributed by atoms with Gasteiger partial charge in [-0.1, -0.05) is 12.1 Å². The molecule has 0 aromatic heterocycles. The van der Waals surface area contributed by atoms with Crippen molar-refractivity contribution in [1.82, 2.24) is 0 Å². The fourth-order valence-corrected chi connectivity index (χ4v) is 3.20. The number of aryl methyl sites for hydroxylation is 1. The van der Waals surface area contributed by atoms with E-state index in [0.717, 1.165) is 31.2 Å². The van der Waals surface area contributed by atoms with E-state index in [-0.39, 0.29) is 30.3 Å². The number of hydrogen-bond donors (Lipinski definition) is 1. The maximum absolute atomic E-state index is 12.3. The van der Waals surface area contributed by atoms with Gasteiger partial charge in [-0.25, -0.2) is 0 Å². The Labute approximate surface area is 168 Å². The van der Waals surface area contributed by atoms with Crippen LogP contribution in [0.5, 0.6) is 5.75 Å². The maximum Gasteiger partial charge on any atom is 0.314 e. The molecule has 2 rings (SSSR count). The van der Waals surface area contributed by atoms with Gasteiger partial charge in [-0.2, -0.15) is 0 Å². The molecule has 1 fully saturated rings. The highest BCUT2D eigenvalue weighted by Gasteiger charge is 2.27. The molecular weight excluding hydrogens is 366 g/mol. The van der Waals surface area contributed by atoms with E-state index in [1.165, 1.54) is 0 Å². The van der Waals surface area contributed by atoms with E-state index in [4.69, 9.17) is 15.2 Å². The Morgan fingerprint density at radius 3 is 2.19 bits per heavy atom. The number of carbonyl (C=O) groups is 2. The monoisotopic (exact) mass is 397 g/mol. The molecule has 1 aliphatic carbocycles. The molecule has 0 amide bonds. The molecule has 1 aromatic rings. The summed E-state index contributed by atoms with van der Waals surface area (Å²) in [7, 11) is 0. The van der Waals surface area contributed by atoms with Gasteiger partial charge in [0.25, 0.3) is 0 Å². The average Bonchev–Trinajstić information content (AvgIpc) is 2.59. The first-order chi connectivity index (χ1) is 12.3. The lowest BCUT2D eigenvalue weighted by Gasteiger charge is -2.26. The molecule has 1 aliphatic rings. The van der Waals surface area contributed by atoms with Crippen LogP contribution in [0, 0.1) is 11.8 Å². The molecule has 0 saturated heterocycles. The summed E-state index contributed by atoms with van der Waals surface area (Å²) < 4.78 is 10.8. The van der Waals surface area contributed by atoms with Crippen LogP contribution in [0.3, 0.4) is 0 Å². The van der Waals surface area contributed by atoms with Gasteiger partial charge in [0, 0.05) is 6.42 Å². The van der Waals surface area contributed by atoms with Crippen LogP contribution < -0.4 is 10.5 Å². The van der Waals surface area contributed by atoms with Gasteiger partial charge < -0.3 is 15.2 Å². The van der Waals surface area contributed by atoms with Gasteiger partial charge in [0.2, 0.25) is 0 Å². The predicted molar refractivity (Wildman–Crippen MR) is 108 cm³/mol. The topological polar surface area (TPSA) is 78.6 Å². The smallest absolute Gasteiger partial charge is 0.314 e. The normalized spacial score (nSPS) is 19.7. The summed E-state index contributed by atoms with van der Waals surface area (Å²) in [6, 6.07) is 7.35. The van der Waals surface area contributed by atoms with Gasteiger partial charge in [-0.05, 0) is 83.0 Å². The number of hydrogen-bond acceptors (Lipinski definition) is 5. The summed E-state index contributed by atoms with van der Waals surface area (Å²) >= 11 is 0. The molecule has 6 heteroatoms. The molecule has 1 aromatic carbocycles. The van der Waals surface area contributed by atoms with Gasteiger partial charge >= 0.3 is 11.9 Å². The number of halogens is 1. The van der Waals surface area contributed by atoms with Crippen LogP contribution in [0.1, 0.15) is 58.4 Å². The molecule has 27 heavy (non-hydrogen) atoms. The lowest BCUT2D eigenvalue weighted by molar-refractivity contribution is -0.154. The molecule has 2 N–H and O–H groups in total. The summed E-state index contributed by atoms with van der Waals surface area (Å²) in [5.41, 5.74) is 6.24. The predicted octanol–water partition coefficient (Wildman–Crippen LogP) is 4.05. The minimum Gasteiger partial charge on any atom is -0.460 e. The van der Waals surface area contributed by atoms with Crippen molar-refractivity contribution in [2.24, 2.45) is 17.6 Å². The summed E-state index contributed by atoms with van der Waals surface area (Å²) in [5.74, 6) is 0.716. The van der Waals surface area contributed by atoms with E-state index < -0.39 is 5.60 Å². The highest BCUT2D eigenvalue weighted by atomic mass is 35.5. The Bertz CT molecular complexity index is 602. The first-order valence-corrected chi connectivity index (χ1v) is 9.49. The van der Waals surface area contributed by atoms with Crippen molar-refractivity contribution in [2.75, 3.05) is 6.54 Å². The Kier molecular flexibility index (Phi) is 9.27. The SMILES string of the molecule is CC(C)(C)OC(=O)CCc1ccc(OC(=O)[C@H]2CC[C@H](CN)CC2)cc1.Cl. The minimum atomic E-state index is -0.460. The third-order valence-corrected chi connectivity index (χ3v) is 4.69. The van der Waals surface area contributed by atoms with Gasteiger partial charge in [0.05, 0.1) is 5.92 Å². The highest BCUT2D eigenvalue weighted by molar-refractivity contribution is 5.85. The summed E-state index contributed by atoms with van der Waals surface area (Å²) in [5, 5.41) is 0. The molecular formula is C21H32ClNO4. The van der Waals surface area contributed by atoms with E-state index in [1.807, 2.05) is 32.9 Å². The number of benzene rings is 1.